The highest BCUT2D eigenvalue weighted by molar-refractivity contribution is 5.82. The lowest BCUT2D eigenvalue weighted by atomic mass is 9.95. The summed E-state index contributed by atoms with van der Waals surface area (Å²) in [5.74, 6) is 0.0350. The van der Waals surface area contributed by atoms with Gasteiger partial charge in [0.05, 0.1) is 12.6 Å². The average molecular weight is 290 g/mol. The number of hydrogen-bond acceptors (Lipinski definition) is 4. The molecule has 1 saturated heterocycles. The van der Waals surface area contributed by atoms with Gasteiger partial charge in [0.25, 0.3) is 0 Å². The summed E-state index contributed by atoms with van der Waals surface area (Å²) in [5, 5.41) is 6.31. The first-order chi connectivity index (χ1) is 10.2. The van der Waals surface area contributed by atoms with Crippen LogP contribution in [0.3, 0.4) is 0 Å². The van der Waals surface area contributed by atoms with Crippen molar-refractivity contribution < 1.29 is 14.3 Å². The zero-order valence-electron chi connectivity index (χ0n) is 12.4. The van der Waals surface area contributed by atoms with E-state index in [4.69, 9.17) is 9.47 Å². The molecule has 2 heterocycles. The Bertz CT molecular complexity index is 512. The van der Waals surface area contributed by atoms with Gasteiger partial charge in [0.1, 0.15) is 5.60 Å². The molecule has 0 saturated carbocycles. The summed E-state index contributed by atoms with van der Waals surface area (Å²) in [7, 11) is 1.68. The van der Waals surface area contributed by atoms with Gasteiger partial charge < -0.3 is 20.1 Å². The molecule has 0 aromatic heterocycles. The highest BCUT2D eigenvalue weighted by atomic mass is 16.5. The number of benzene rings is 1. The van der Waals surface area contributed by atoms with Crippen molar-refractivity contribution in [1.82, 2.24) is 10.6 Å². The van der Waals surface area contributed by atoms with E-state index in [1.54, 1.807) is 7.11 Å². The molecule has 1 aromatic carbocycles. The topological polar surface area (TPSA) is 59.6 Å². The number of nitrogens with one attached hydrogen (secondary N) is 2. The Morgan fingerprint density at radius 1 is 1.48 bits per heavy atom. The maximum absolute atomic E-state index is 12.4. The molecular formula is C16H22N2O3. The van der Waals surface area contributed by atoms with E-state index in [0.29, 0.717) is 19.8 Å². The van der Waals surface area contributed by atoms with Gasteiger partial charge in [0, 0.05) is 33.2 Å². The Kier molecular flexibility index (Phi) is 4.24. The number of ether oxygens (including phenoxy) is 2. The van der Waals surface area contributed by atoms with Crippen molar-refractivity contribution in [3.63, 3.8) is 0 Å². The highest BCUT2D eigenvalue weighted by Gasteiger charge is 2.36. The van der Waals surface area contributed by atoms with Crippen LogP contribution in [0.15, 0.2) is 24.3 Å². The number of amides is 1. The van der Waals surface area contributed by atoms with Gasteiger partial charge >= 0.3 is 0 Å². The molecule has 2 aliphatic rings. The van der Waals surface area contributed by atoms with Crippen LogP contribution >= 0.6 is 0 Å². The average Bonchev–Trinajstić information content (AvgIpc) is 3.01. The van der Waals surface area contributed by atoms with Crippen LogP contribution in [-0.4, -0.2) is 44.4 Å². The fourth-order valence-electron chi connectivity index (χ4n) is 2.97. The van der Waals surface area contributed by atoms with Crippen molar-refractivity contribution in [2.45, 2.75) is 31.0 Å². The second-order valence-corrected chi connectivity index (χ2v) is 5.81. The van der Waals surface area contributed by atoms with Crippen molar-refractivity contribution in [3.05, 3.63) is 35.4 Å². The molecule has 114 valence electrons. The number of hydrogen-bond donors (Lipinski definition) is 2. The predicted octanol–water partition coefficient (Wildman–Crippen LogP) is 0.623. The Morgan fingerprint density at radius 2 is 2.29 bits per heavy atom. The largest absolute Gasteiger partial charge is 0.378 e. The van der Waals surface area contributed by atoms with Gasteiger partial charge in [-0.1, -0.05) is 24.3 Å². The van der Waals surface area contributed by atoms with E-state index >= 15 is 0 Å². The van der Waals surface area contributed by atoms with E-state index in [2.05, 4.69) is 22.8 Å². The minimum atomic E-state index is -0.359. The summed E-state index contributed by atoms with van der Waals surface area (Å²) in [4.78, 5) is 12.4. The van der Waals surface area contributed by atoms with Gasteiger partial charge in [-0.3, -0.25) is 4.79 Å². The van der Waals surface area contributed by atoms with Crippen LogP contribution in [0.1, 0.15) is 17.5 Å². The van der Waals surface area contributed by atoms with E-state index in [1.165, 1.54) is 11.1 Å². The molecule has 0 bridgehead atoms. The molecule has 5 nitrogen and oxygen atoms in total. The molecule has 2 atom stereocenters. The number of methoxy groups -OCH3 is 1. The summed E-state index contributed by atoms with van der Waals surface area (Å²) in [6.07, 6.45) is 1.56. The predicted molar refractivity (Wildman–Crippen MR) is 79.0 cm³/mol. The van der Waals surface area contributed by atoms with Gasteiger partial charge in [0.2, 0.25) is 5.91 Å². The van der Waals surface area contributed by atoms with Gasteiger partial charge in [0.15, 0.2) is 0 Å². The number of carbonyl (C=O) groups excluding carboxylic acids is 1. The smallest absolute Gasteiger partial charge is 0.237 e. The molecule has 0 radical (unpaired) electrons. The van der Waals surface area contributed by atoms with E-state index in [0.717, 1.165) is 19.4 Å². The number of fused-ring (bicyclic) bond motifs is 1. The van der Waals surface area contributed by atoms with Crippen molar-refractivity contribution in [2.75, 3.05) is 26.9 Å². The normalized spacial score (nSPS) is 28.1. The van der Waals surface area contributed by atoms with Crippen LogP contribution in [0.2, 0.25) is 0 Å². The molecule has 2 aliphatic heterocycles. The fraction of sp³-hybridized carbons (Fsp3) is 0.562. The van der Waals surface area contributed by atoms with Crippen molar-refractivity contribution in [1.29, 1.82) is 0 Å². The number of carbonyl (C=O) groups is 1. The summed E-state index contributed by atoms with van der Waals surface area (Å²) in [5.41, 5.74) is 2.17. The Hall–Kier alpha value is -1.43. The maximum atomic E-state index is 12.4. The fourth-order valence-corrected chi connectivity index (χ4v) is 2.97. The van der Waals surface area contributed by atoms with E-state index in [1.807, 2.05) is 12.1 Å². The van der Waals surface area contributed by atoms with Crippen LogP contribution in [0.5, 0.6) is 0 Å². The lowest BCUT2D eigenvalue weighted by Crippen LogP contribution is -2.52. The molecule has 1 fully saturated rings. The first kappa shape index (κ1) is 14.5. The lowest BCUT2D eigenvalue weighted by Gasteiger charge is -2.29. The standard InChI is InChI=1S/C16H22N2O3/c1-20-16(6-7-21-11-16)10-18-15(19)14-8-12-4-2-3-5-13(12)9-17-14/h2-5,14,17H,6-11H2,1H3,(H,18,19). The second-order valence-electron chi connectivity index (χ2n) is 5.81. The summed E-state index contributed by atoms with van der Waals surface area (Å²) in [6, 6.07) is 8.08. The second kappa shape index (κ2) is 6.13. The van der Waals surface area contributed by atoms with Gasteiger partial charge in [-0.2, -0.15) is 0 Å². The van der Waals surface area contributed by atoms with Crippen molar-refractivity contribution >= 4 is 5.91 Å². The van der Waals surface area contributed by atoms with Gasteiger partial charge in [-0.15, -0.1) is 0 Å². The van der Waals surface area contributed by atoms with Gasteiger partial charge in [-0.05, 0) is 17.5 Å². The zero-order chi connectivity index (χ0) is 14.7. The monoisotopic (exact) mass is 290 g/mol. The molecule has 2 N–H and O–H groups in total. The lowest BCUT2D eigenvalue weighted by molar-refractivity contribution is -0.125. The molecule has 21 heavy (non-hydrogen) atoms. The third-order valence-electron chi connectivity index (χ3n) is 4.48. The molecule has 5 heteroatoms. The van der Waals surface area contributed by atoms with Crippen LogP contribution in [0, 0.1) is 0 Å². The van der Waals surface area contributed by atoms with Crippen LogP contribution in [0.25, 0.3) is 0 Å². The quantitative estimate of drug-likeness (QED) is 0.853. The highest BCUT2D eigenvalue weighted by Crippen LogP contribution is 2.22. The molecular weight excluding hydrogens is 268 g/mol. The van der Waals surface area contributed by atoms with Crippen LogP contribution in [-0.2, 0) is 27.2 Å². The SMILES string of the molecule is COC1(CNC(=O)C2Cc3ccccc3CN2)CCOC1. The van der Waals surface area contributed by atoms with E-state index < -0.39 is 0 Å². The van der Waals surface area contributed by atoms with Gasteiger partial charge in [-0.25, -0.2) is 0 Å². The summed E-state index contributed by atoms with van der Waals surface area (Å²) >= 11 is 0. The maximum Gasteiger partial charge on any atom is 0.237 e. The third kappa shape index (κ3) is 3.10. The van der Waals surface area contributed by atoms with E-state index in [-0.39, 0.29) is 17.6 Å². The first-order valence-corrected chi connectivity index (χ1v) is 7.43. The Morgan fingerprint density at radius 3 is 3.00 bits per heavy atom. The molecule has 0 aliphatic carbocycles. The molecule has 1 aromatic rings. The Labute approximate surface area is 125 Å². The number of rotatable bonds is 4. The zero-order valence-corrected chi connectivity index (χ0v) is 12.4. The summed E-state index contributed by atoms with van der Waals surface area (Å²) in [6.45, 7) is 2.48. The molecule has 3 rings (SSSR count). The Balaban J connectivity index is 1.57. The van der Waals surface area contributed by atoms with Crippen molar-refractivity contribution in [2.24, 2.45) is 0 Å². The van der Waals surface area contributed by atoms with Crippen LogP contribution in [0.4, 0.5) is 0 Å². The molecule has 1 amide bonds. The minimum absolute atomic E-state index is 0.0350. The molecule has 0 spiro atoms. The summed E-state index contributed by atoms with van der Waals surface area (Å²) < 4.78 is 10.9. The minimum Gasteiger partial charge on any atom is -0.378 e. The van der Waals surface area contributed by atoms with Crippen LogP contribution < -0.4 is 10.6 Å². The third-order valence-corrected chi connectivity index (χ3v) is 4.48. The molecule has 2 unspecified atom stereocenters. The first-order valence-electron chi connectivity index (χ1n) is 7.43. The van der Waals surface area contributed by atoms with Crippen molar-refractivity contribution in [3.8, 4) is 0 Å². The van der Waals surface area contributed by atoms with E-state index in [9.17, 15) is 4.79 Å².